The van der Waals surface area contributed by atoms with Crippen molar-refractivity contribution in [3.8, 4) is 5.75 Å². The van der Waals surface area contributed by atoms with Crippen LogP contribution in [0.4, 0.5) is 4.39 Å². The molecule has 102 valence electrons. The number of ketones is 1. The van der Waals surface area contributed by atoms with Crippen LogP contribution in [-0.4, -0.2) is 41.6 Å². The fourth-order valence-corrected chi connectivity index (χ4v) is 3.50. The number of carbonyl (C=O) groups excluding carboxylic acids is 1. The molecule has 3 fully saturated rings. The minimum atomic E-state index is -0.474. The summed E-state index contributed by atoms with van der Waals surface area (Å²) in [5.74, 6) is 0.116. The number of hydrogen-bond acceptors (Lipinski definition) is 2. The summed E-state index contributed by atoms with van der Waals surface area (Å²) in [6.45, 7) is 3.54. The van der Waals surface area contributed by atoms with Gasteiger partial charge >= 0.3 is 0 Å². The molecule has 0 aromatic heterocycles. The quantitative estimate of drug-likeness (QED) is 0.672. The molecule has 3 saturated heterocycles. The molecule has 3 aliphatic heterocycles. The molecule has 0 spiro atoms. The van der Waals surface area contributed by atoms with Gasteiger partial charge in [0.2, 0.25) is 5.78 Å². The van der Waals surface area contributed by atoms with E-state index in [-0.39, 0.29) is 17.1 Å². The Labute approximate surface area is 112 Å². The minimum Gasteiger partial charge on any atom is -0.507 e. The van der Waals surface area contributed by atoms with Gasteiger partial charge in [0.25, 0.3) is 0 Å². The highest BCUT2D eigenvalue weighted by atomic mass is 19.1. The third kappa shape index (κ3) is 2.37. The number of quaternary nitrogens is 1. The van der Waals surface area contributed by atoms with Gasteiger partial charge in [0.15, 0.2) is 0 Å². The number of carbonyl (C=O) groups is 1. The fourth-order valence-electron chi connectivity index (χ4n) is 3.50. The van der Waals surface area contributed by atoms with E-state index in [1.807, 2.05) is 0 Å². The van der Waals surface area contributed by atoms with Crippen LogP contribution in [0.5, 0.6) is 5.75 Å². The van der Waals surface area contributed by atoms with Gasteiger partial charge in [-0.1, -0.05) is 0 Å². The molecule has 0 unspecified atom stereocenters. The second-order valence-corrected chi connectivity index (χ2v) is 5.99. The number of benzene rings is 1. The normalized spacial score (nSPS) is 29.4. The maximum Gasteiger partial charge on any atom is 0.220 e. The summed E-state index contributed by atoms with van der Waals surface area (Å²) in [4.78, 5) is 12.3. The summed E-state index contributed by atoms with van der Waals surface area (Å²) in [7, 11) is 0. The largest absolute Gasteiger partial charge is 0.507 e. The van der Waals surface area contributed by atoms with Crippen LogP contribution in [0.15, 0.2) is 18.2 Å². The first kappa shape index (κ1) is 12.6. The summed E-state index contributed by atoms with van der Waals surface area (Å²) < 4.78 is 14.0. The molecule has 4 heteroatoms. The maximum atomic E-state index is 13.2. The number of phenols is 1. The number of rotatable bonds is 3. The molecule has 4 rings (SSSR count). The smallest absolute Gasteiger partial charge is 0.220 e. The average Bonchev–Trinajstić information content (AvgIpc) is 2.43. The Balaban J connectivity index is 1.79. The Morgan fingerprint density at radius 3 is 2.53 bits per heavy atom. The molecule has 0 radical (unpaired) electrons. The van der Waals surface area contributed by atoms with Gasteiger partial charge in [-0.15, -0.1) is 0 Å². The molecule has 1 aromatic carbocycles. The molecule has 1 N–H and O–H groups in total. The lowest BCUT2D eigenvalue weighted by molar-refractivity contribution is -0.935. The SMILES string of the molecule is O=C(C[N+]12CCC(CC1)CC2)c1cc(F)ccc1O. The molecule has 3 aliphatic rings. The number of piperidine rings is 3. The summed E-state index contributed by atoms with van der Waals surface area (Å²) in [6, 6.07) is 3.57. The van der Waals surface area contributed by atoms with Crippen LogP contribution >= 0.6 is 0 Å². The molecule has 3 nitrogen and oxygen atoms in total. The number of phenolic OH excluding ortho intramolecular Hbond substituents is 1. The summed E-state index contributed by atoms with van der Waals surface area (Å²) in [6.07, 6.45) is 3.59. The molecular formula is C15H19FNO2+. The van der Waals surface area contributed by atoms with Crippen molar-refractivity contribution >= 4 is 5.78 Å². The topological polar surface area (TPSA) is 37.3 Å². The van der Waals surface area contributed by atoms with Gasteiger partial charge in [0, 0.05) is 0 Å². The highest BCUT2D eigenvalue weighted by molar-refractivity contribution is 5.99. The lowest BCUT2D eigenvalue weighted by atomic mass is 9.85. The molecule has 0 aliphatic carbocycles. The van der Waals surface area contributed by atoms with Crippen LogP contribution in [-0.2, 0) is 0 Å². The Bertz CT molecular complexity index is 493. The molecular weight excluding hydrogens is 245 g/mol. The second-order valence-electron chi connectivity index (χ2n) is 5.99. The number of halogens is 1. The lowest BCUT2D eigenvalue weighted by Gasteiger charge is -2.48. The summed E-state index contributed by atoms with van der Waals surface area (Å²) in [5, 5.41) is 9.71. The first-order chi connectivity index (χ1) is 9.08. The molecule has 1 aromatic rings. The van der Waals surface area contributed by atoms with Crippen LogP contribution in [0.1, 0.15) is 29.6 Å². The lowest BCUT2D eigenvalue weighted by Crippen LogP contribution is -2.60. The monoisotopic (exact) mass is 264 g/mol. The van der Waals surface area contributed by atoms with Gasteiger partial charge in [0.1, 0.15) is 18.1 Å². The Kier molecular flexibility index (Phi) is 3.05. The number of aromatic hydroxyl groups is 1. The fraction of sp³-hybridized carbons (Fsp3) is 0.533. The summed E-state index contributed by atoms with van der Waals surface area (Å²) >= 11 is 0. The molecule has 0 amide bonds. The number of hydrogen-bond donors (Lipinski definition) is 1. The zero-order valence-corrected chi connectivity index (χ0v) is 10.9. The third-order valence-electron chi connectivity index (χ3n) is 4.77. The minimum absolute atomic E-state index is 0.114. The van der Waals surface area contributed by atoms with Gasteiger partial charge in [-0.2, -0.15) is 0 Å². The highest BCUT2D eigenvalue weighted by Crippen LogP contribution is 2.34. The van der Waals surface area contributed by atoms with E-state index in [0.717, 1.165) is 36.1 Å². The van der Waals surface area contributed by atoms with Gasteiger partial charge in [0.05, 0.1) is 25.2 Å². The standard InChI is InChI=1S/C15H18FNO2/c16-12-1-2-14(18)13(9-12)15(19)10-17-6-3-11(4-7-17)5-8-17/h1-2,9,11H,3-8,10H2/p+1. The van der Waals surface area contributed by atoms with E-state index in [1.54, 1.807) is 0 Å². The zero-order chi connectivity index (χ0) is 13.5. The van der Waals surface area contributed by atoms with E-state index in [1.165, 1.54) is 31.4 Å². The molecule has 0 saturated carbocycles. The van der Waals surface area contributed by atoms with Gasteiger partial charge in [-0.3, -0.25) is 4.79 Å². The Hall–Kier alpha value is -1.42. The van der Waals surface area contributed by atoms with Crippen molar-refractivity contribution in [2.45, 2.75) is 19.3 Å². The third-order valence-corrected chi connectivity index (χ3v) is 4.77. The van der Waals surface area contributed by atoms with Crippen molar-refractivity contribution in [3.05, 3.63) is 29.6 Å². The van der Waals surface area contributed by atoms with E-state index in [9.17, 15) is 14.3 Å². The van der Waals surface area contributed by atoms with Crippen molar-refractivity contribution in [2.24, 2.45) is 5.92 Å². The zero-order valence-electron chi connectivity index (χ0n) is 10.9. The van der Waals surface area contributed by atoms with Crippen molar-refractivity contribution in [3.63, 3.8) is 0 Å². The predicted molar refractivity (Wildman–Crippen MR) is 69.5 cm³/mol. The van der Waals surface area contributed by atoms with E-state index in [4.69, 9.17) is 0 Å². The molecule has 0 atom stereocenters. The Morgan fingerprint density at radius 1 is 1.26 bits per heavy atom. The van der Waals surface area contributed by atoms with Gasteiger partial charge in [-0.05, 0) is 43.4 Å². The van der Waals surface area contributed by atoms with E-state index in [0.29, 0.717) is 6.54 Å². The molecule has 2 bridgehead atoms. The number of Topliss-reactive ketones (excluding diaryl/α,β-unsaturated/α-hetero) is 1. The van der Waals surface area contributed by atoms with E-state index < -0.39 is 5.82 Å². The second kappa shape index (κ2) is 4.60. The number of fused-ring (bicyclic) bond motifs is 3. The molecule has 3 heterocycles. The maximum absolute atomic E-state index is 13.2. The highest BCUT2D eigenvalue weighted by Gasteiger charge is 2.41. The Morgan fingerprint density at radius 2 is 1.89 bits per heavy atom. The van der Waals surface area contributed by atoms with Gasteiger partial charge in [-0.25, -0.2) is 4.39 Å². The van der Waals surface area contributed by atoms with Crippen molar-refractivity contribution in [1.29, 1.82) is 0 Å². The predicted octanol–water partition coefficient (Wildman–Crippen LogP) is 2.34. The summed E-state index contributed by atoms with van der Waals surface area (Å²) in [5.41, 5.74) is 0.125. The first-order valence-corrected chi connectivity index (χ1v) is 6.95. The van der Waals surface area contributed by atoms with Crippen LogP contribution < -0.4 is 0 Å². The van der Waals surface area contributed by atoms with Crippen molar-refractivity contribution < 1.29 is 18.8 Å². The van der Waals surface area contributed by atoms with Crippen molar-refractivity contribution in [2.75, 3.05) is 26.2 Å². The van der Waals surface area contributed by atoms with Crippen LogP contribution in [0, 0.1) is 11.7 Å². The van der Waals surface area contributed by atoms with Crippen molar-refractivity contribution in [1.82, 2.24) is 0 Å². The molecule has 19 heavy (non-hydrogen) atoms. The van der Waals surface area contributed by atoms with Crippen LogP contribution in [0.25, 0.3) is 0 Å². The van der Waals surface area contributed by atoms with Crippen LogP contribution in [0.2, 0.25) is 0 Å². The first-order valence-electron chi connectivity index (χ1n) is 6.95. The van der Waals surface area contributed by atoms with Gasteiger partial charge < -0.3 is 9.59 Å². The van der Waals surface area contributed by atoms with Crippen LogP contribution in [0.3, 0.4) is 0 Å². The van der Waals surface area contributed by atoms with E-state index in [2.05, 4.69) is 0 Å². The number of nitrogens with zero attached hydrogens (tertiary/aromatic N) is 1. The van der Waals surface area contributed by atoms with E-state index >= 15 is 0 Å². The average molecular weight is 264 g/mol.